The number of hydrogen-bond acceptors (Lipinski definition) is 6. The highest BCUT2D eigenvalue weighted by atomic mass is 32.2. The van der Waals surface area contributed by atoms with Gasteiger partial charge in [-0.3, -0.25) is 0 Å². The van der Waals surface area contributed by atoms with Crippen LogP contribution in [0.3, 0.4) is 0 Å². The lowest BCUT2D eigenvalue weighted by Gasteiger charge is -2.24. The molecule has 25 heavy (non-hydrogen) atoms. The van der Waals surface area contributed by atoms with E-state index in [0.29, 0.717) is 18.7 Å². The Bertz CT molecular complexity index is 914. The molecule has 1 saturated heterocycles. The monoisotopic (exact) mass is 366 g/mol. The second-order valence-corrected chi connectivity index (χ2v) is 9.24. The molecule has 0 aliphatic carbocycles. The molecule has 8 nitrogen and oxygen atoms in total. The fourth-order valence-electron chi connectivity index (χ4n) is 2.87. The highest BCUT2D eigenvalue weighted by Crippen LogP contribution is 2.28. The second kappa shape index (κ2) is 5.98. The SMILES string of the molecule is CC(C)(C)OC(=O)N1CCC(c2cn3ccnc(S(C)(=O)=O)c3n2)C1. The van der Waals surface area contributed by atoms with Crippen molar-refractivity contribution in [3.63, 3.8) is 0 Å². The van der Waals surface area contributed by atoms with Gasteiger partial charge in [-0.1, -0.05) is 0 Å². The van der Waals surface area contributed by atoms with Crippen molar-refractivity contribution in [1.82, 2.24) is 19.3 Å². The zero-order valence-corrected chi connectivity index (χ0v) is 15.6. The minimum absolute atomic E-state index is 0.0387. The van der Waals surface area contributed by atoms with Crippen LogP contribution in [-0.4, -0.2) is 58.7 Å². The van der Waals surface area contributed by atoms with Gasteiger partial charge in [-0.25, -0.2) is 23.2 Å². The van der Waals surface area contributed by atoms with Gasteiger partial charge in [-0.2, -0.15) is 0 Å². The van der Waals surface area contributed by atoms with E-state index in [4.69, 9.17) is 4.74 Å². The van der Waals surface area contributed by atoms with Crippen LogP contribution in [0.1, 0.15) is 38.8 Å². The summed E-state index contributed by atoms with van der Waals surface area (Å²) in [5.74, 6) is 0.0415. The highest BCUT2D eigenvalue weighted by Gasteiger charge is 2.32. The first kappa shape index (κ1) is 17.7. The Morgan fingerprint density at radius 2 is 2.08 bits per heavy atom. The van der Waals surface area contributed by atoms with Crippen LogP contribution in [0, 0.1) is 0 Å². The summed E-state index contributed by atoms with van der Waals surface area (Å²) in [4.78, 5) is 22.3. The molecule has 2 aromatic heterocycles. The largest absolute Gasteiger partial charge is 0.444 e. The van der Waals surface area contributed by atoms with Crippen molar-refractivity contribution in [2.24, 2.45) is 0 Å². The average molecular weight is 366 g/mol. The minimum atomic E-state index is -3.46. The maximum atomic E-state index is 12.2. The number of amides is 1. The molecule has 1 unspecified atom stereocenters. The smallest absolute Gasteiger partial charge is 0.410 e. The van der Waals surface area contributed by atoms with E-state index in [9.17, 15) is 13.2 Å². The number of aromatic nitrogens is 3. The van der Waals surface area contributed by atoms with Crippen LogP contribution < -0.4 is 0 Å². The van der Waals surface area contributed by atoms with E-state index in [0.717, 1.165) is 18.4 Å². The molecule has 0 bridgehead atoms. The molecule has 0 N–H and O–H groups in total. The Labute approximate surface area is 146 Å². The molecule has 136 valence electrons. The van der Waals surface area contributed by atoms with Crippen molar-refractivity contribution >= 4 is 21.6 Å². The van der Waals surface area contributed by atoms with Crippen LogP contribution in [0.2, 0.25) is 0 Å². The lowest BCUT2D eigenvalue weighted by Crippen LogP contribution is -2.35. The van der Waals surface area contributed by atoms with Gasteiger partial charge in [-0.05, 0) is 27.2 Å². The van der Waals surface area contributed by atoms with E-state index in [2.05, 4.69) is 9.97 Å². The molecular weight excluding hydrogens is 344 g/mol. The Balaban J connectivity index is 1.83. The van der Waals surface area contributed by atoms with Gasteiger partial charge in [0.1, 0.15) is 5.60 Å². The summed E-state index contributed by atoms with van der Waals surface area (Å²) in [7, 11) is -3.46. The van der Waals surface area contributed by atoms with Crippen molar-refractivity contribution < 1.29 is 17.9 Å². The van der Waals surface area contributed by atoms with Gasteiger partial charge in [0.15, 0.2) is 20.5 Å². The summed E-state index contributed by atoms with van der Waals surface area (Å²) < 4.78 is 30.8. The lowest BCUT2D eigenvalue weighted by molar-refractivity contribution is 0.0292. The highest BCUT2D eigenvalue weighted by molar-refractivity contribution is 7.90. The zero-order valence-electron chi connectivity index (χ0n) is 14.8. The van der Waals surface area contributed by atoms with Gasteiger partial charge in [0.2, 0.25) is 0 Å². The Morgan fingerprint density at radius 3 is 2.72 bits per heavy atom. The van der Waals surface area contributed by atoms with E-state index in [1.807, 2.05) is 20.8 Å². The number of sulfone groups is 1. The van der Waals surface area contributed by atoms with E-state index in [1.54, 1.807) is 21.7 Å². The van der Waals surface area contributed by atoms with E-state index >= 15 is 0 Å². The summed E-state index contributed by atoms with van der Waals surface area (Å²) >= 11 is 0. The van der Waals surface area contributed by atoms with Crippen molar-refractivity contribution in [2.75, 3.05) is 19.3 Å². The molecule has 3 heterocycles. The summed E-state index contributed by atoms with van der Waals surface area (Å²) in [6, 6.07) is 0. The van der Waals surface area contributed by atoms with Crippen LogP contribution in [0.5, 0.6) is 0 Å². The lowest BCUT2D eigenvalue weighted by atomic mass is 10.1. The molecule has 1 fully saturated rings. The molecule has 9 heteroatoms. The summed E-state index contributed by atoms with van der Waals surface area (Å²) in [5.41, 5.74) is 0.536. The quantitative estimate of drug-likeness (QED) is 0.805. The molecule has 0 radical (unpaired) electrons. The Morgan fingerprint density at radius 1 is 1.36 bits per heavy atom. The Hall–Kier alpha value is -2.16. The predicted molar refractivity (Wildman–Crippen MR) is 91.3 cm³/mol. The molecule has 2 aromatic rings. The summed E-state index contributed by atoms with van der Waals surface area (Å²) in [6.07, 6.45) is 6.44. The van der Waals surface area contributed by atoms with E-state index < -0.39 is 15.4 Å². The molecule has 3 rings (SSSR count). The van der Waals surface area contributed by atoms with Crippen LogP contribution >= 0.6 is 0 Å². The van der Waals surface area contributed by atoms with Crippen molar-refractivity contribution in [3.05, 3.63) is 24.3 Å². The van der Waals surface area contributed by atoms with Crippen LogP contribution in [-0.2, 0) is 14.6 Å². The third-order valence-electron chi connectivity index (χ3n) is 3.97. The van der Waals surface area contributed by atoms with Crippen molar-refractivity contribution in [3.8, 4) is 0 Å². The maximum absolute atomic E-state index is 12.2. The molecule has 1 aliphatic rings. The zero-order chi connectivity index (χ0) is 18.4. The number of carbonyl (C=O) groups excluding carboxylic acids is 1. The summed E-state index contributed by atoms with van der Waals surface area (Å²) in [6.45, 7) is 6.59. The maximum Gasteiger partial charge on any atom is 0.410 e. The molecular formula is C16H22N4O4S. The first-order chi connectivity index (χ1) is 11.5. The average Bonchev–Trinajstić information content (AvgIpc) is 3.10. The van der Waals surface area contributed by atoms with Crippen molar-refractivity contribution in [1.29, 1.82) is 0 Å². The van der Waals surface area contributed by atoms with E-state index in [1.165, 1.54) is 6.20 Å². The molecule has 1 atom stereocenters. The fourth-order valence-corrected chi connectivity index (χ4v) is 3.60. The van der Waals surface area contributed by atoms with Gasteiger partial charge < -0.3 is 14.0 Å². The third-order valence-corrected chi connectivity index (χ3v) is 4.96. The van der Waals surface area contributed by atoms with Gasteiger partial charge in [0.05, 0.1) is 5.69 Å². The standard InChI is InChI=1S/C16H22N4O4S/c1-16(2,3)24-15(21)20-7-5-11(9-20)12-10-19-8-6-17-14(13(19)18-12)25(4,22)23/h6,8,10-11H,5,7,9H2,1-4H3. The van der Waals surface area contributed by atoms with Crippen molar-refractivity contribution in [2.45, 2.75) is 43.7 Å². The van der Waals surface area contributed by atoms with E-state index in [-0.39, 0.29) is 17.0 Å². The number of ether oxygens (including phenoxy) is 1. The predicted octanol–water partition coefficient (Wildman–Crippen LogP) is 1.86. The number of imidazole rings is 1. The Kier molecular flexibility index (Phi) is 4.22. The van der Waals surface area contributed by atoms with Gasteiger partial charge in [0.25, 0.3) is 0 Å². The third kappa shape index (κ3) is 3.76. The fraction of sp³-hybridized carbons (Fsp3) is 0.562. The number of carbonyl (C=O) groups is 1. The first-order valence-electron chi connectivity index (χ1n) is 8.06. The number of fused-ring (bicyclic) bond motifs is 1. The van der Waals surface area contributed by atoms with Crippen LogP contribution in [0.25, 0.3) is 5.65 Å². The number of likely N-dealkylation sites (tertiary alicyclic amines) is 1. The molecule has 0 spiro atoms. The molecule has 1 aliphatic heterocycles. The molecule has 0 saturated carbocycles. The van der Waals surface area contributed by atoms with Gasteiger partial charge >= 0.3 is 6.09 Å². The number of rotatable bonds is 2. The summed E-state index contributed by atoms with van der Waals surface area (Å²) in [5, 5.41) is -0.0387. The minimum Gasteiger partial charge on any atom is -0.444 e. The first-order valence-corrected chi connectivity index (χ1v) is 9.95. The topological polar surface area (TPSA) is 93.9 Å². The van der Waals surface area contributed by atoms with Crippen LogP contribution in [0.15, 0.2) is 23.6 Å². The normalized spacial score (nSPS) is 18.7. The number of nitrogens with zero attached hydrogens (tertiary/aromatic N) is 4. The van der Waals surface area contributed by atoms with Crippen LogP contribution in [0.4, 0.5) is 4.79 Å². The van der Waals surface area contributed by atoms with Gasteiger partial charge in [-0.15, -0.1) is 0 Å². The molecule has 1 amide bonds. The second-order valence-electron chi connectivity index (χ2n) is 7.31. The number of hydrogen-bond donors (Lipinski definition) is 0. The van der Waals surface area contributed by atoms with Gasteiger partial charge in [0, 0.05) is 43.9 Å². The molecule has 0 aromatic carbocycles.